The molecule has 1 aromatic heterocycles. The van der Waals surface area contributed by atoms with Gasteiger partial charge in [0.2, 0.25) is 11.8 Å². The van der Waals surface area contributed by atoms with Crippen LogP contribution in [0.2, 0.25) is 0 Å². The molecule has 0 saturated heterocycles. The number of rotatable bonds is 8. The van der Waals surface area contributed by atoms with E-state index in [1.807, 2.05) is 17.0 Å². The second-order valence-electron chi connectivity index (χ2n) is 7.01. The van der Waals surface area contributed by atoms with Gasteiger partial charge in [0, 0.05) is 36.0 Å². The molecule has 0 saturated carbocycles. The Morgan fingerprint density at radius 3 is 2.74 bits per heavy atom. The molecule has 0 aliphatic carbocycles. The zero-order valence-corrected chi connectivity index (χ0v) is 15.7. The Morgan fingerprint density at radius 1 is 1.22 bits per heavy atom. The predicted octanol–water partition coefficient (Wildman–Crippen LogP) is 2.91. The molecule has 2 amide bonds. The summed E-state index contributed by atoms with van der Waals surface area (Å²) in [5.74, 6) is 0.676. The van der Waals surface area contributed by atoms with Crippen LogP contribution in [0.4, 0.5) is 0 Å². The van der Waals surface area contributed by atoms with Crippen molar-refractivity contribution in [3.63, 3.8) is 0 Å². The number of nitrogens with one attached hydrogen (secondary N) is 2. The van der Waals surface area contributed by atoms with E-state index in [1.54, 1.807) is 12.6 Å². The first-order valence-electron chi connectivity index (χ1n) is 9.50. The topological polar surface area (TPSA) is 94.7 Å². The van der Waals surface area contributed by atoms with Crippen molar-refractivity contribution < 1.29 is 19.5 Å². The van der Waals surface area contributed by atoms with Gasteiger partial charge in [0.15, 0.2) is 0 Å². The van der Waals surface area contributed by atoms with Gasteiger partial charge in [0.25, 0.3) is 0 Å². The second-order valence-corrected chi connectivity index (χ2v) is 7.01. The summed E-state index contributed by atoms with van der Waals surface area (Å²) in [4.78, 5) is 28.8. The Labute approximate surface area is 158 Å². The summed E-state index contributed by atoms with van der Waals surface area (Å²) in [5, 5.41) is 9.62. The van der Waals surface area contributed by atoms with Crippen LogP contribution in [0, 0.1) is 0 Å². The van der Waals surface area contributed by atoms with Crippen molar-refractivity contribution in [3.05, 3.63) is 29.5 Å². The maximum absolute atomic E-state index is 12.5. The van der Waals surface area contributed by atoms with Crippen molar-refractivity contribution in [2.24, 2.45) is 0 Å². The number of benzene rings is 1. The smallest absolute Gasteiger partial charge is 0.243 e. The van der Waals surface area contributed by atoms with Gasteiger partial charge in [0.05, 0.1) is 13.7 Å². The number of amides is 2. The number of methoxy groups -OCH3 is 1. The molecule has 0 bridgehead atoms. The molecule has 2 aromatic rings. The predicted molar refractivity (Wildman–Crippen MR) is 102 cm³/mol. The molecule has 7 heteroatoms. The number of unbranched alkanes of at least 4 members (excludes halogenated alkanes) is 3. The van der Waals surface area contributed by atoms with Gasteiger partial charge in [-0.05, 0) is 43.0 Å². The summed E-state index contributed by atoms with van der Waals surface area (Å²) < 4.78 is 5.32. The van der Waals surface area contributed by atoms with E-state index in [-0.39, 0.29) is 11.8 Å². The number of carbonyl (C=O) groups excluding carboxylic acids is 2. The molecule has 3 rings (SSSR count). The summed E-state index contributed by atoms with van der Waals surface area (Å²) in [5.41, 5.74) is 5.12. The molecule has 1 aromatic carbocycles. The molecule has 27 heavy (non-hydrogen) atoms. The fourth-order valence-corrected chi connectivity index (χ4v) is 3.69. The number of H-pyrrole nitrogens is 1. The fourth-order valence-electron chi connectivity index (χ4n) is 3.69. The van der Waals surface area contributed by atoms with Gasteiger partial charge in [-0.25, -0.2) is 5.48 Å². The molecule has 7 nitrogen and oxygen atoms in total. The van der Waals surface area contributed by atoms with Gasteiger partial charge in [-0.2, -0.15) is 0 Å². The monoisotopic (exact) mass is 373 g/mol. The first-order chi connectivity index (χ1) is 13.1. The average Bonchev–Trinajstić information content (AvgIpc) is 3.06. The molecule has 2 heterocycles. The number of nitrogens with zero attached hydrogens (tertiary/aromatic N) is 1. The third-order valence-corrected chi connectivity index (χ3v) is 5.20. The lowest BCUT2D eigenvalue weighted by Crippen LogP contribution is -2.35. The third-order valence-electron chi connectivity index (χ3n) is 5.20. The standard InChI is InChI=1S/C20H27N3O4/c1-27-14-8-9-17-16(12-14)15-10-11-23(13-18(15)21-17)20(25)7-5-3-2-4-6-19(24)22-26/h8-9,12,21,26H,2-7,10-11,13H2,1H3,(H,22,24). The summed E-state index contributed by atoms with van der Waals surface area (Å²) >= 11 is 0. The van der Waals surface area contributed by atoms with Gasteiger partial charge in [-0.15, -0.1) is 0 Å². The minimum atomic E-state index is -0.355. The highest BCUT2D eigenvalue weighted by Gasteiger charge is 2.23. The van der Waals surface area contributed by atoms with E-state index in [4.69, 9.17) is 9.94 Å². The zero-order valence-electron chi connectivity index (χ0n) is 15.7. The first-order valence-corrected chi connectivity index (χ1v) is 9.50. The van der Waals surface area contributed by atoms with Crippen molar-refractivity contribution in [2.45, 2.75) is 51.5 Å². The maximum Gasteiger partial charge on any atom is 0.243 e. The van der Waals surface area contributed by atoms with Crippen molar-refractivity contribution in [1.29, 1.82) is 0 Å². The van der Waals surface area contributed by atoms with E-state index in [0.29, 0.717) is 19.4 Å². The van der Waals surface area contributed by atoms with Crippen LogP contribution >= 0.6 is 0 Å². The summed E-state index contributed by atoms with van der Waals surface area (Å²) in [6.07, 6.45) is 5.06. The van der Waals surface area contributed by atoms with E-state index in [0.717, 1.165) is 55.6 Å². The Kier molecular flexibility index (Phi) is 6.34. The van der Waals surface area contributed by atoms with Gasteiger partial charge >= 0.3 is 0 Å². The molecule has 1 aliphatic rings. The quantitative estimate of drug-likeness (QED) is 0.377. The van der Waals surface area contributed by atoms with E-state index in [9.17, 15) is 9.59 Å². The lowest BCUT2D eigenvalue weighted by molar-refractivity contribution is -0.132. The highest BCUT2D eigenvalue weighted by atomic mass is 16.5. The molecular weight excluding hydrogens is 346 g/mol. The van der Waals surface area contributed by atoms with Crippen LogP contribution in [0.3, 0.4) is 0 Å². The lowest BCUT2D eigenvalue weighted by Gasteiger charge is -2.27. The Morgan fingerprint density at radius 2 is 2.00 bits per heavy atom. The number of aromatic nitrogens is 1. The Bertz CT molecular complexity index is 815. The number of ether oxygens (including phenoxy) is 1. The van der Waals surface area contributed by atoms with Crippen LogP contribution in [0.5, 0.6) is 5.75 Å². The van der Waals surface area contributed by atoms with Crippen molar-refractivity contribution in [2.75, 3.05) is 13.7 Å². The van der Waals surface area contributed by atoms with E-state index in [1.165, 1.54) is 10.9 Å². The molecule has 0 fully saturated rings. The van der Waals surface area contributed by atoms with E-state index < -0.39 is 0 Å². The molecule has 3 N–H and O–H groups in total. The van der Waals surface area contributed by atoms with Gasteiger partial charge < -0.3 is 14.6 Å². The summed E-state index contributed by atoms with van der Waals surface area (Å²) in [6.45, 7) is 1.37. The highest BCUT2D eigenvalue weighted by Crippen LogP contribution is 2.30. The van der Waals surface area contributed by atoms with Crippen LogP contribution in [-0.2, 0) is 22.6 Å². The Hall–Kier alpha value is -2.54. The van der Waals surface area contributed by atoms with Crippen LogP contribution in [0.1, 0.15) is 49.8 Å². The molecule has 146 valence electrons. The molecular formula is C20H27N3O4. The van der Waals surface area contributed by atoms with E-state index in [2.05, 4.69) is 11.1 Å². The minimum Gasteiger partial charge on any atom is -0.497 e. The van der Waals surface area contributed by atoms with Crippen LogP contribution in [0.15, 0.2) is 18.2 Å². The van der Waals surface area contributed by atoms with Crippen LogP contribution in [-0.4, -0.2) is 40.6 Å². The van der Waals surface area contributed by atoms with Gasteiger partial charge in [0.1, 0.15) is 5.75 Å². The van der Waals surface area contributed by atoms with Crippen molar-refractivity contribution in [1.82, 2.24) is 15.4 Å². The molecule has 0 spiro atoms. The fraction of sp³-hybridized carbons (Fsp3) is 0.500. The molecule has 0 atom stereocenters. The van der Waals surface area contributed by atoms with Crippen LogP contribution in [0.25, 0.3) is 10.9 Å². The molecule has 0 radical (unpaired) electrons. The van der Waals surface area contributed by atoms with Gasteiger partial charge in [-0.1, -0.05) is 12.8 Å². The second kappa shape index (κ2) is 8.90. The SMILES string of the molecule is COc1ccc2[nH]c3c(c2c1)CCN(C(=O)CCCCCCC(=O)NO)C3. The maximum atomic E-state index is 12.5. The van der Waals surface area contributed by atoms with Crippen molar-refractivity contribution >= 4 is 22.7 Å². The van der Waals surface area contributed by atoms with Gasteiger partial charge in [-0.3, -0.25) is 14.8 Å². The Balaban J connectivity index is 1.49. The minimum absolute atomic E-state index is 0.185. The number of hydrogen-bond donors (Lipinski definition) is 3. The number of fused-ring (bicyclic) bond motifs is 3. The zero-order chi connectivity index (χ0) is 19.2. The third kappa shape index (κ3) is 4.60. The average molecular weight is 373 g/mol. The molecule has 1 aliphatic heterocycles. The normalized spacial score (nSPS) is 13.5. The number of aromatic amines is 1. The highest BCUT2D eigenvalue weighted by molar-refractivity contribution is 5.87. The first kappa shape index (κ1) is 19.2. The number of hydroxylamine groups is 1. The largest absolute Gasteiger partial charge is 0.497 e. The number of carbonyl (C=O) groups is 2. The van der Waals surface area contributed by atoms with Crippen molar-refractivity contribution in [3.8, 4) is 5.75 Å². The summed E-state index contributed by atoms with van der Waals surface area (Å²) in [6, 6.07) is 6.02. The van der Waals surface area contributed by atoms with E-state index >= 15 is 0 Å². The summed E-state index contributed by atoms with van der Waals surface area (Å²) in [7, 11) is 1.67. The lowest BCUT2D eigenvalue weighted by atomic mass is 10.0. The van der Waals surface area contributed by atoms with Crippen LogP contribution < -0.4 is 10.2 Å². The molecule has 0 unspecified atom stereocenters. The number of hydrogen-bond acceptors (Lipinski definition) is 4.